The second-order valence-electron chi connectivity index (χ2n) is 5.00. The minimum Gasteiger partial charge on any atom is -0.311 e. The van der Waals surface area contributed by atoms with Crippen molar-refractivity contribution < 1.29 is 0 Å². The third-order valence-corrected chi connectivity index (χ3v) is 1.67. The Kier molecular flexibility index (Phi) is 4.54. The van der Waals surface area contributed by atoms with E-state index in [1.807, 2.05) is 0 Å². The van der Waals surface area contributed by atoms with Gasteiger partial charge in [0.25, 0.3) is 0 Å². The average Bonchev–Trinajstić information content (AvgIpc) is 1.79. The zero-order valence-corrected chi connectivity index (χ0v) is 9.20. The van der Waals surface area contributed by atoms with Crippen LogP contribution in [-0.4, -0.2) is 12.6 Å². The summed E-state index contributed by atoms with van der Waals surface area (Å²) < 4.78 is 0. The Morgan fingerprint density at radius 1 is 1.42 bits per heavy atom. The highest BCUT2D eigenvalue weighted by atomic mass is 14.9. The van der Waals surface area contributed by atoms with Crippen molar-refractivity contribution in [1.82, 2.24) is 5.32 Å². The summed E-state index contributed by atoms with van der Waals surface area (Å²) in [7, 11) is 0. The van der Waals surface area contributed by atoms with Crippen LogP contribution in [0.5, 0.6) is 0 Å². The van der Waals surface area contributed by atoms with Gasteiger partial charge in [0.2, 0.25) is 0 Å². The van der Waals surface area contributed by atoms with Gasteiger partial charge in [-0.15, -0.1) is 0 Å². The van der Waals surface area contributed by atoms with Crippen LogP contribution in [0.25, 0.3) is 0 Å². The molecule has 0 rings (SSSR count). The lowest BCUT2D eigenvalue weighted by Gasteiger charge is -2.24. The lowest BCUT2D eigenvalue weighted by Crippen LogP contribution is -2.31. The van der Waals surface area contributed by atoms with Crippen LogP contribution >= 0.6 is 0 Å². The molecule has 0 fully saturated rings. The van der Waals surface area contributed by atoms with Crippen LogP contribution in [0.15, 0.2) is 12.2 Å². The Hall–Kier alpha value is -0.300. The number of hydrogen-bond donors (Lipinski definition) is 1. The number of nitrogens with one attached hydrogen (secondary N) is 1. The highest BCUT2D eigenvalue weighted by Crippen LogP contribution is 2.20. The molecular formula is C11H23N. The fourth-order valence-electron chi connectivity index (χ4n) is 1.34. The molecule has 0 heterocycles. The van der Waals surface area contributed by atoms with Crippen molar-refractivity contribution in [2.45, 2.75) is 47.1 Å². The SMILES string of the molecule is C=C(C)CNC(C)CC(C)(C)C. The lowest BCUT2D eigenvalue weighted by molar-refractivity contribution is 0.323. The van der Waals surface area contributed by atoms with Gasteiger partial charge in [0, 0.05) is 12.6 Å². The molecule has 0 aromatic carbocycles. The molecule has 0 spiro atoms. The van der Waals surface area contributed by atoms with Gasteiger partial charge < -0.3 is 5.32 Å². The Morgan fingerprint density at radius 2 is 1.92 bits per heavy atom. The van der Waals surface area contributed by atoms with E-state index < -0.39 is 0 Å². The van der Waals surface area contributed by atoms with Crippen molar-refractivity contribution in [3.8, 4) is 0 Å². The topological polar surface area (TPSA) is 12.0 Å². The molecule has 1 atom stereocenters. The second kappa shape index (κ2) is 4.66. The molecule has 1 nitrogen and oxygen atoms in total. The highest BCUT2D eigenvalue weighted by Gasteiger charge is 2.14. The molecule has 72 valence electrons. The van der Waals surface area contributed by atoms with Crippen LogP contribution in [0.3, 0.4) is 0 Å². The molecule has 0 bridgehead atoms. The quantitative estimate of drug-likeness (QED) is 0.638. The van der Waals surface area contributed by atoms with E-state index in [0.29, 0.717) is 11.5 Å². The summed E-state index contributed by atoms with van der Waals surface area (Å²) in [6.45, 7) is 15.9. The molecule has 1 unspecified atom stereocenters. The summed E-state index contributed by atoms with van der Waals surface area (Å²) in [5.74, 6) is 0. The minimum absolute atomic E-state index is 0.418. The van der Waals surface area contributed by atoms with E-state index in [-0.39, 0.29) is 0 Å². The molecule has 0 aromatic heterocycles. The molecule has 1 N–H and O–H groups in total. The van der Waals surface area contributed by atoms with Gasteiger partial charge in [0.15, 0.2) is 0 Å². The van der Waals surface area contributed by atoms with Crippen LogP contribution in [-0.2, 0) is 0 Å². The Morgan fingerprint density at radius 3 is 2.25 bits per heavy atom. The minimum atomic E-state index is 0.418. The average molecular weight is 169 g/mol. The third-order valence-electron chi connectivity index (χ3n) is 1.67. The van der Waals surface area contributed by atoms with Gasteiger partial charge in [-0.3, -0.25) is 0 Å². The lowest BCUT2D eigenvalue weighted by atomic mass is 9.89. The first-order valence-corrected chi connectivity index (χ1v) is 4.69. The van der Waals surface area contributed by atoms with Crippen molar-refractivity contribution in [2.75, 3.05) is 6.54 Å². The van der Waals surface area contributed by atoms with Gasteiger partial charge in [0.05, 0.1) is 0 Å². The third kappa shape index (κ3) is 7.80. The maximum absolute atomic E-state index is 3.86. The monoisotopic (exact) mass is 169 g/mol. The van der Waals surface area contributed by atoms with Gasteiger partial charge in [-0.1, -0.05) is 32.9 Å². The molecule has 0 saturated carbocycles. The van der Waals surface area contributed by atoms with Gasteiger partial charge in [-0.2, -0.15) is 0 Å². The molecule has 0 amide bonds. The number of rotatable bonds is 4. The first-order chi connectivity index (χ1) is 5.31. The van der Waals surface area contributed by atoms with Crippen molar-refractivity contribution >= 4 is 0 Å². The van der Waals surface area contributed by atoms with Crippen molar-refractivity contribution in [2.24, 2.45) is 5.41 Å². The fourth-order valence-corrected chi connectivity index (χ4v) is 1.34. The van der Waals surface area contributed by atoms with E-state index in [0.717, 1.165) is 6.54 Å². The summed E-state index contributed by atoms with van der Waals surface area (Å²) in [5.41, 5.74) is 1.62. The van der Waals surface area contributed by atoms with Crippen LogP contribution in [0.1, 0.15) is 41.0 Å². The zero-order valence-electron chi connectivity index (χ0n) is 9.20. The van der Waals surface area contributed by atoms with E-state index in [1.54, 1.807) is 0 Å². The van der Waals surface area contributed by atoms with Crippen molar-refractivity contribution in [3.05, 3.63) is 12.2 Å². The van der Waals surface area contributed by atoms with E-state index in [2.05, 4.69) is 46.5 Å². The molecule has 0 aliphatic rings. The summed E-state index contributed by atoms with van der Waals surface area (Å²) >= 11 is 0. The second-order valence-corrected chi connectivity index (χ2v) is 5.00. The first-order valence-electron chi connectivity index (χ1n) is 4.69. The largest absolute Gasteiger partial charge is 0.311 e. The zero-order chi connectivity index (χ0) is 9.78. The summed E-state index contributed by atoms with van der Waals surface area (Å²) in [6.07, 6.45) is 1.21. The van der Waals surface area contributed by atoms with Gasteiger partial charge in [-0.25, -0.2) is 0 Å². The molecule has 0 aromatic rings. The Labute approximate surface area is 77.2 Å². The molecule has 0 saturated heterocycles. The van der Waals surface area contributed by atoms with Crippen LogP contribution in [0, 0.1) is 5.41 Å². The molecule has 1 heteroatoms. The molecule has 12 heavy (non-hydrogen) atoms. The molecule has 0 aliphatic carbocycles. The molecule has 0 radical (unpaired) electrons. The predicted molar refractivity (Wildman–Crippen MR) is 56.4 cm³/mol. The number of hydrogen-bond acceptors (Lipinski definition) is 1. The Bertz CT molecular complexity index is 142. The summed E-state index contributed by atoms with van der Waals surface area (Å²) in [5, 5.41) is 3.44. The standard InChI is InChI=1S/C11H23N/c1-9(2)8-12-10(3)7-11(4,5)6/h10,12H,1,7-8H2,2-6H3. The predicted octanol–water partition coefficient (Wildman–Crippen LogP) is 2.98. The summed E-state index contributed by atoms with van der Waals surface area (Å²) in [6, 6.07) is 0.585. The van der Waals surface area contributed by atoms with E-state index in [9.17, 15) is 0 Å². The van der Waals surface area contributed by atoms with Crippen molar-refractivity contribution in [1.29, 1.82) is 0 Å². The maximum Gasteiger partial charge on any atom is 0.0161 e. The molecule has 0 aliphatic heterocycles. The Balaban J connectivity index is 3.60. The summed E-state index contributed by atoms with van der Waals surface area (Å²) in [4.78, 5) is 0. The fraction of sp³-hybridized carbons (Fsp3) is 0.818. The van der Waals surface area contributed by atoms with Gasteiger partial charge >= 0.3 is 0 Å². The van der Waals surface area contributed by atoms with E-state index >= 15 is 0 Å². The van der Waals surface area contributed by atoms with Crippen LogP contribution < -0.4 is 5.32 Å². The van der Waals surface area contributed by atoms with E-state index in [1.165, 1.54) is 12.0 Å². The van der Waals surface area contributed by atoms with Crippen LogP contribution in [0.2, 0.25) is 0 Å². The van der Waals surface area contributed by atoms with Crippen molar-refractivity contribution in [3.63, 3.8) is 0 Å². The van der Waals surface area contributed by atoms with Crippen LogP contribution in [0.4, 0.5) is 0 Å². The van der Waals surface area contributed by atoms with E-state index in [4.69, 9.17) is 0 Å². The molecular weight excluding hydrogens is 146 g/mol. The normalized spacial score (nSPS) is 14.4. The maximum atomic E-state index is 3.86. The van der Waals surface area contributed by atoms with Gasteiger partial charge in [0.1, 0.15) is 0 Å². The van der Waals surface area contributed by atoms with Gasteiger partial charge in [-0.05, 0) is 25.7 Å². The first kappa shape index (κ1) is 11.7. The highest BCUT2D eigenvalue weighted by molar-refractivity contribution is 4.91. The smallest absolute Gasteiger partial charge is 0.0161 e.